The van der Waals surface area contributed by atoms with Crippen LogP contribution in [0.25, 0.3) is 0 Å². The van der Waals surface area contributed by atoms with Crippen molar-refractivity contribution in [3.63, 3.8) is 0 Å². The minimum absolute atomic E-state index is 0.0400. The van der Waals surface area contributed by atoms with Gasteiger partial charge in [-0.05, 0) is 42.3 Å². The van der Waals surface area contributed by atoms with Crippen LogP contribution in [0.3, 0.4) is 0 Å². The van der Waals surface area contributed by atoms with Gasteiger partial charge < -0.3 is 0 Å². The van der Waals surface area contributed by atoms with Crippen LogP contribution in [-0.2, 0) is 15.8 Å². The molecule has 2 aromatic carbocycles. The van der Waals surface area contributed by atoms with E-state index in [1.165, 1.54) is 24.3 Å². The second-order valence-corrected chi connectivity index (χ2v) is 8.13. The molecule has 0 heterocycles. The molecule has 0 bridgehead atoms. The second-order valence-electron chi connectivity index (χ2n) is 5.46. The molecule has 0 amide bonds. The van der Waals surface area contributed by atoms with Gasteiger partial charge in [0.15, 0.2) is 0 Å². The standard InChI is InChI=1S/C17H15BrF2N2O2S/c1-2-17(13-6-14(18)8-15(19)7-13)22-25(23,24)10-12-4-3-11(9-21)5-16(12)20/h3-8,17,22H,2,10H2,1H3. The van der Waals surface area contributed by atoms with Gasteiger partial charge in [-0.2, -0.15) is 5.26 Å². The van der Waals surface area contributed by atoms with E-state index in [9.17, 15) is 17.2 Å². The number of rotatable bonds is 6. The predicted molar refractivity (Wildman–Crippen MR) is 94.0 cm³/mol. The number of benzene rings is 2. The normalized spacial score (nSPS) is 12.6. The summed E-state index contributed by atoms with van der Waals surface area (Å²) >= 11 is 3.17. The number of nitrogens with one attached hydrogen (secondary N) is 1. The topological polar surface area (TPSA) is 70.0 Å². The number of hydrogen-bond donors (Lipinski definition) is 1. The van der Waals surface area contributed by atoms with Crippen LogP contribution >= 0.6 is 15.9 Å². The molecule has 0 spiro atoms. The van der Waals surface area contributed by atoms with Gasteiger partial charge in [-0.15, -0.1) is 0 Å². The molecule has 4 nitrogen and oxygen atoms in total. The largest absolute Gasteiger partial charge is 0.216 e. The van der Waals surface area contributed by atoms with E-state index >= 15 is 0 Å². The Kier molecular flexibility index (Phi) is 6.27. The quantitative estimate of drug-likeness (QED) is 0.750. The molecule has 132 valence electrons. The Bertz CT molecular complexity index is 906. The predicted octanol–water partition coefficient (Wildman–Crippen LogP) is 4.17. The van der Waals surface area contributed by atoms with Gasteiger partial charge in [0.1, 0.15) is 11.6 Å². The Morgan fingerprint density at radius 3 is 2.52 bits per heavy atom. The third-order valence-corrected chi connectivity index (χ3v) is 5.34. The zero-order valence-corrected chi connectivity index (χ0v) is 15.7. The van der Waals surface area contributed by atoms with Gasteiger partial charge in [0.05, 0.1) is 17.4 Å². The van der Waals surface area contributed by atoms with Crippen molar-refractivity contribution in [3.8, 4) is 6.07 Å². The van der Waals surface area contributed by atoms with Crippen LogP contribution < -0.4 is 4.72 Å². The van der Waals surface area contributed by atoms with Crippen molar-refractivity contribution in [2.24, 2.45) is 0 Å². The molecule has 8 heteroatoms. The maximum Gasteiger partial charge on any atom is 0.216 e. The Labute approximate surface area is 153 Å². The van der Waals surface area contributed by atoms with Gasteiger partial charge in [-0.3, -0.25) is 0 Å². The van der Waals surface area contributed by atoms with Gasteiger partial charge in [-0.25, -0.2) is 21.9 Å². The van der Waals surface area contributed by atoms with Crippen LogP contribution in [0, 0.1) is 23.0 Å². The molecular formula is C17H15BrF2N2O2S. The molecule has 0 aliphatic carbocycles. The van der Waals surface area contributed by atoms with Crippen LogP contribution in [-0.4, -0.2) is 8.42 Å². The molecule has 0 fully saturated rings. The summed E-state index contributed by atoms with van der Waals surface area (Å²) in [6, 6.07) is 8.92. The first-order chi connectivity index (χ1) is 11.7. The summed E-state index contributed by atoms with van der Waals surface area (Å²) in [7, 11) is -3.87. The molecule has 2 rings (SSSR count). The van der Waals surface area contributed by atoms with Crippen molar-refractivity contribution < 1.29 is 17.2 Å². The Hall–Kier alpha value is -1.82. The third-order valence-electron chi connectivity index (χ3n) is 3.55. The van der Waals surface area contributed by atoms with E-state index in [4.69, 9.17) is 5.26 Å². The van der Waals surface area contributed by atoms with Crippen molar-refractivity contribution in [3.05, 3.63) is 69.2 Å². The van der Waals surface area contributed by atoms with Gasteiger partial charge in [0, 0.05) is 16.1 Å². The fraction of sp³-hybridized carbons (Fsp3) is 0.235. The van der Waals surface area contributed by atoms with Gasteiger partial charge in [0.2, 0.25) is 10.0 Å². The zero-order chi connectivity index (χ0) is 18.6. The molecule has 0 aliphatic heterocycles. The molecule has 0 aromatic heterocycles. The number of hydrogen-bond acceptors (Lipinski definition) is 3. The van der Waals surface area contributed by atoms with E-state index < -0.39 is 33.5 Å². The molecule has 25 heavy (non-hydrogen) atoms. The van der Waals surface area contributed by atoms with E-state index in [1.54, 1.807) is 19.1 Å². The maximum atomic E-state index is 13.9. The Morgan fingerprint density at radius 1 is 1.24 bits per heavy atom. The van der Waals surface area contributed by atoms with Crippen LogP contribution in [0.1, 0.15) is 36.1 Å². The summed E-state index contributed by atoms with van der Waals surface area (Å²) in [6.45, 7) is 1.76. The highest BCUT2D eigenvalue weighted by atomic mass is 79.9. The summed E-state index contributed by atoms with van der Waals surface area (Å²) in [4.78, 5) is 0. The highest BCUT2D eigenvalue weighted by Crippen LogP contribution is 2.24. The SMILES string of the molecule is CCC(NS(=O)(=O)Cc1ccc(C#N)cc1F)c1cc(F)cc(Br)c1. The minimum Gasteiger partial charge on any atom is -0.212 e. The molecule has 1 N–H and O–H groups in total. The van der Waals surface area contributed by atoms with Crippen molar-refractivity contribution in [2.75, 3.05) is 0 Å². The Balaban J connectivity index is 2.23. The van der Waals surface area contributed by atoms with Crippen molar-refractivity contribution in [1.82, 2.24) is 4.72 Å². The fourth-order valence-electron chi connectivity index (χ4n) is 2.36. The number of nitriles is 1. The van der Waals surface area contributed by atoms with Crippen molar-refractivity contribution >= 4 is 26.0 Å². The molecule has 1 atom stereocenters. The first kappa shape index (κ1) is 19.5. The second kappa shape index (κ2) is 8.04. The van der Waals surface area contributed by atoms with E-state index in [0.717, 1.165) is 6.07 Å². The van der Waals surface area contributed by atoms with Crippen molar-refractivity contribution in [1.29, 1.82) is 5.26 Å². The number of halogens is 3. The zero-order valence-electron chi connectivity index (χ0n) is 13.3. The molecular weight excluding hydrogens is 414 g/mol. The average molecular weight is 429 g/mol. The van der Waals surface area contributed by atoms with E-state index in [-0.39, 0.29) is 11.1 Å². The van der Waals surface area contributed by atoms with Crippen LogP contribution in [0.2, 0.25) is 0 Å². The lowest BCUT2D eigenvalue weighted by atomic mass is 10.1. The summed E-state index contributed by atoms with van der Waals surface area (Å²) in [6.07, 6.45) is 0.394. The lowest BCUT2D eigenvalue weighted by molar-refractivity contribution is 0.543. The molecule has 0 saturated heterocycles. The molecule has 0 saturated carbocycles. The molecule has 0 aliphatic rings. The number of sulfonamides is 1. The van der Waals surface area contributed by atoms with E-state index in [2.05, 4.69) is 20.7 Å². The molecule has 1 unspecified atom stereocenters. The van der Waals surface area contributed by atoms with Gasteiger partial charge in [-0.1, -0.05) is 28.9 Å². The Morgan fingerprint density at radius 2 is 1.96 bits per heavy atom. The molecule has 0 radical (unpaired) electrons. The van der Waals surface area contributed by atoms with Crippen LogP contribution in [0.4, 0.5) is 8.78 Å². The van der Waals surface area contributed by atoms with Gasteiger partial charge in [0.25, 0.3) is 0 Å². The highest BCUT2D eigenvalue weighted by molar-refractivity contribution is 9.10. The lowest BCUT2D eigenvalue weighted by Gasteiger charge is -2.18. The summed E-state index contributed by atoms with van der Waals surface area (Å²) in [5, 5.41) is 8.73. The summed E-state index contributed by atoms with van der Waals surface area (Å²) in [5.74, 6) is -1.82. The third kappa shape index (κ3) is 5.33. The fourth-order valence-corrected chi connectivity index (χ4v) is 4.31. The average Bonchev–Trinajstić information content (AvgIpc) is 2.53. The monoisotopic (exact) mass is 428 g/mol. The van der Waals surface area contributed by atoms with Crippen LogP contribution in [0.15, 0.2) is 40.9 Å². The van der Waals surface area contributed by atoms with E-state index in [1.807, 2.05) is 0 Å². The maximum absolute atomic E-state index is 13.9. The van der Waals surface area contributed by atoms with Crippen molar-refractivity contribution in [2.45, 2.75) is 25.1 Å². The first-order valence-corrected chi connectivity index (χ1v) is 9.83. The highest BCUT2D eigenvalue weighted by Gasteiger charge is 2.21. The van der Waals surface area contributed by atoms with Gasteiger partial charge >= 0.3 is 0 Å². The lowest BCUT2D eigenvalue weighted by Crippen LogP contribution is -2.29. The van der Waals surface area contributed by atoms with E-state index in [0.29, 0.717) is 16.5 Å². The number of nitrogens with zero attached hydrogens (tertiary/aromatic N) is 1. The smallest absolute Gasteiger partial charge is 0.212 e. The van der Waals surface area contributed by atoms with Crippen LogP contribution in [0.5, 0.6) is 0 Å². The minimum atomic E-state index is -3.87. The molecule has 2 aromatic rings. The first-order valence-electron chi connectivity index (χ1n) is 7.38. The summed E-state index contributed by atoms with van der Waals surface area (Å²) in [5.41, 5.74) is 0.544. The summed E-state index contributed by atoms with van der Waals surface area (Å²) < 4.78 is 55.2.